The highest BCUT2D eigenvalue weighted by Gasteiger charge is 2.32. The maximum Gasteiger partial charge on any atom is 0.410 e. The minimum Gasteiger partial charge on any atom is -0.467 e. The van der Waals surface area contributed by atoms with Crippen molar-refractivity contribution in [3.63, 3.8) is 0 Å². The van der Waals surface area contributed by atoms with Crippen LogP contribution in [0.2, 0.25) is 0 Å². The second kappa shape index (κ2) is 11.5. The summed E-state index contributed by atoms with van der Waals surface area (Å²) in [7, 11) is 1.61. The van der Waals surface area contributed by atoms with E-state index in [0.717, 1.165) is 53.2 Å². The van der Waals surface area contributed by atoms with Gasteiger partial charge in [-0.25, -0.2) is 9.78 Å². The molecule has 3 aromatic heterocycles. The van der Waals surface area contributed by atoms with E-state index < -0.39 is 5.60 Å². The molecule has 0 radical (unpaired) electrons. The highest BCUT2D eigenvalue weighted by Crippen LogP contribution is 2.42. The number of piperidine rings is 1. The second-order valence-corrected chi connectivity index (χ2v) is 13.0. The van der Waals surface area contributed by atoms with Gasteiger partial charge in [-0.2, -0.15) is 0 Å². The summed E-state index contributed by atoms with van der Waals surface area (Å²) in [6.07, 6.45) is 4.52. The number of aromatic amines is 1. The van der Waals surface area contributed by atoms with Crippen molar-refractivity contribution in [3.05, 3.63) is 52.7 Å². The lowest BCUT2D eigenvalue weighted by molar-refractivity contribution is 0.0205. The smallest absolute Gasteiger partial charge is 0.410 e. The topological polar surface area (TPSA) is 106 Å². The number of rotatable bonds is 6. The predicted molar refractivity (Wildman–Crippen MR) is 163 cm³/mol. The number of benzene rings is 1. The van der Waals surface area contributed by atoms with Crippen molar-refractivity contribution < 1.29 is 19.0 Å². The molecule has 1 aromatic carbocycles. The van der Waals surface area contributed by atoms with E-state index in [4.69, 9.17) is 19.2 Å². The van der Waals surface area contributed by atoms with Crippen molar-refractivity contribution in [2.24, 2.45) is 0 Å². The first-order chi connectivity index (χ1) is 20.2. The molecule has 0 aliphatic carbocycles. The molecule has 2 aliphatic heterocycles. The van der Waals surface area contributed by atoms with Crippen LogP contribution in [-0.2, 0) is 15.9 Å². The molecule has 6 rings (SSSR count). The molecular weight excluding hydrogens is 552 g/mol. The number of hydrogen-bond acceptors (Lipinski definition) is 9. The van der Waals surface area contributed by atoms with Crippen molar-refractivity contribution in [2.75, 3.05) is 38.4 Å². The van der Waals surface area contributed by atoms with Gasteiger partial charge in [0.15, 0.2) is 17.6 Å². The molecule has 11 heteroatoms. The largest absolute Gasteiger partial charge is 0.467 e. The first kappa shape index (κ1) is 28.4. The average Bonchev–Trinajstić information content (AvgIpc) is 3.61. The Kier molecular flexibility index (Phi) is 7.80. The Bertz CT molecular complexity index is 1570. The zero-order valence-electron chi connectivity index (χ0n) is 24.8. The van der Waals surface area contributed by atoms with Crippen molar-refractivity contribution in [3.8, 4) is 17.0 Å². The SMILES string of the molecule is COCOc1ccccc1-c1cc2c3c([nH]c2nn1)CCN(c1ncc(C2CCN(C(=O)OC(C)(C)C)CC2)s1)C3C. The van der Waals surface area contributed by atoms with E-state index in [1.165, 1.54) is 16.1 Å². The zero-order valence-corrected chi connectivity index (χ0v) is 25.7. The van der Waals surface area contributed by atoms with Crippen LogP contribution in [0.15, 0.2) is 36.5 Å². The summed E-state index contributed by atoms with van der Waals surface area (Å²) in [5.41, 5.74) is 4.40. The number of aromatic nitrogens is 4. The lowest BCUT2D eigenvalue weighted by atomic mass is 9.96. The number of amides is 1. The molecular formula is C31H38N6O4S. The van der Waals surface area contributed by atoms with Gasteiger partial charge in [0.2, 0.25) is 0 Å². The monoisotopic (exact) mass is 590 g/mol. The number of H-pyrrole nitrogens is 1. The third kappa shape index (κ3) is 5.67. The van der Waals surface area contributed by atoms with Gasteiger partial charge in [0.25, 0.3) is 0 Å². The molecule has 42 heavy (non-hydrogen) atoms. The Morgan fingerprint density at radius 2 is 1.93 bits per heavy atom. The van der Waals surface area contributed by atoms with E-state index in [1.807, 2.05) is 56.1 Å². The molecule has 4 aromatic rings. The molecule has 10 nitrogen and oxygen atoms in total. The van der Waals surface area contributed by atoms with Gasteiger partial charge in [-0.1, -0.05) is 12.1 Å². The van der Waals surface area contributed by atoms with Gasteiger partial charge in [0.05, 0.1) is 11.7 Å². The summed E-state index contributed by atoms with van der Waals surface area (Å²) >= 11 is 1.78. The molecule has 1 unspecified atom stereocenters. The van der Waals surface area contributed by atoms with Crippen LogP contribution in [0.4, 0.5) is 9.93 Å². The van der Waals surface area contributed by atoms with E-state index in [0.29, 0.717) is 24.8 Å². The number of anilines is 1. The van der Waals surface area contributed by atoms with Crippen molar-refractivity contribution in [1.29, 1.82) is 0 Å². The number of likely N-dealkylation sites (tertiary alicyclic amines) is 1. The van der Waals surface area contributed by atoms with Gasteiger partial charge in [-0.3, -0.25) is 0 Å². The van der Waals surface area contributed by atoms with Crippen LogP contribution in [0.25, 0.3) is 22.3 Å². The van der Waals surface area contributed by atoms with Crippen molar-refractivity contribution in [1.82, 2.24) is 25.1 Å². The summed E-state index contributed by atoms with van der Waals surface area (Å²) in [6.45, 7) is 10.4. The minimum absolute atomic E-state index is 0.118. The summed E-state index contributed by atoms with van der Waals surface area (Å²) in [4.78, 5) is 26.4. The lowest BCUT2D eigenvalue weighted by Crippen LogP contribution is -2.41. The van der Waals surface area contributed by atoms with Gasteiger partial charge < -0.3 is 29.0 Å². The lowest BCUT2D eigenvalue weighted by Gasteiger charge is -2.34. The van der Waals surface area contributed by atoms with Crippen LogP contribution < -0.4 is 9.64 Å². The summed E-state index contributed by atoms with van der Waals surface area (Å²) < 4.78 is 16.5. The van der Waals surface area contributed by atoms with Gasteiger partial charge in [0.1, 0.15) is 11.4 Å². The van der Waals surface area contributed by atoms with Gasteiger partial charge in [0, 0.05) is 66.4 Å². The first-order valence-electron chi connectivity index (χ1n) is 14.5. The minimum atomic E-state index is -0.479. The summed E-state index contributed by atoms with van der Waals surface area (Å²) in [5, 5.41) is 11.2. The fraction of sp³-hybridized carbons (Fsp3) is 0.484. The van der Waals surface area contributed by atoms with Crippen LogP contribution in [0.3, 0.4) is 0 Å². The van der Waals surface area contributed by atoms with Gasteiger partial charge in [-0.05, 0) is 64.7 Å². The van der Waals surface area contributed by atoms with Crippen molar-refractivity contribution >= 4 is 33.6 Å². The molecule has 5 heterocycles. The number of para-hydroxylation sites is 1. The van der Waals surface area contributed by atoms with Gasteiger partial charge >= 0.3 is 6.09 Å². The molecule has 1 fully saturated rings. The quantitative estimate of drug-likeness (QED) is 0.261. The predicted octanol–water partition coefficient (Wildman–Crippen LogP) is 6.30. The highest BCUT2D eigenvalue weighted by atomic mass is 32.1. The molecule has 2 aliphatic rings. The maximum absolute atomic E-state index is 12.5. The molecule has 1 saturated heterocycles. The molecule has 222 valence electrons. The maximum atomic E-state index is 12.5. The van der Waals surface area contributed by atoms with E-state index >= 15 is 0 Å². The molecule has 1 atom stereocenters. The van der Waals surface area contributed by atoms with Crippen LogP contribution >= 0.6 is 11.3 Å². The number of thiazole rings is 1. The Balaban J connectivity index is 1.20. The molecule has 1 N–H and O–H groups in total. The summed E-state index contributed by atoms with van der Waals surface area (Å²) in [6, 6.07) is 10.0. The van der Waals surface area contributed by atoms with Crippen LogP contribution in [0.1, 0.15) is 68.6 Å². The third-order valence-corrected chi connectivity index (χ3v) is 9.16. The average molecular weight is 591 g/mol. The molecule has 0 saturated carbocycles. The Labute approximate surface area is 250 Å². The zero-order chi connectivity index (χ0) is 29.4. The number of carbonyl (C=O) groups is 1. The number of fused-ring (bicyclic) bond motifs is 3. The van der Waals surface area contributed by atoms with E-state index in [9.17, 15) is 4.79 Å². The standard InChI is InChI=1S/C31H38N6O4S/c1-19-27-22-16-24(21-8-6-7-9-25(21)40-18-39-5)34-35-28(22)33-23(27)12-15-37(19)29-32-17-26(42-29)20-10-13-36(14-11-20)30(38)41-31(2,3)4/h6-9,16-17,19-20H,10-15,18H2,1-5H3,(H,33,35). The van der Waals surface area contributed by atoms with E-state index in [2.05, 4.69) is 33.1 Å². The van der Waals surface area contributed by atoms with Crippen LogP contribution in [-0.4, -0.2) is 70.3 Å². The fourth-order valence-electron chi connectivity index (χ4n) is 5.91. The first-order valence-corrected chi connectivity index (χ1v) is 15.3. The molecule has 0 spiro atoms. The Morgan fingerprint density at radius 3 is 2.69 bits per heavy atom. The Morgan fingerprint density at radius 1 is 1.14 bits per heavy atom. The third-order valence-electron chi connectivity index (χ3n) is 7.97. The molecule has 1 amide bonds. The van der Waals surface area contributed by atoms with Crippen LogP contribution in [0.5, 0.6) is 5.75 Å². The highest BCUT2D eigenvalue weighted by molar-refractivity contribution is 7.15. The number of ether oxygens (including phenoxy) is 3. The van der Waals surface area contributed by atoms with E-state index in [1.54, 1.807) is 18.4 Å². The van der Waals surface area contributed by atoms with Gasteiger partial charge in [-0.15, -0.1) is 21.5 Å². The number of carbonyl (C=O) groups excluding carboxylic acids is 1. The number of nitrogens with zero attached hydrogens (tertiary/aromatic N) is 5. The number of methoxy groups -OCH3 is 1. The summed E-state index contributed by atoms with van der Waals surface area (Å²) in [5.74, 6) is 1.11. The molecule has 0 bridgehead atoms. The number of hydrogen-bond donors (Lipinski definition) is 1. The fourth-order valence-corrected chi connectivity index (χ4v) is 7.10. The normalized spacial score (nSPS) is 17.9. The van der Waals surface area contributed by atoms with Crippen molar-refractivity contribution in [2.45, 2.75) is 64.5 Å². The van der Waals surface area contributed by atoms with E-state index in [-0.39, 0.29) is 18.9 Å². The number of nitrogens with one attached hydrogen (secondary N) is 1. The Hall–Kier alpha value is -3.70. The second-order valence-electron chi connectivity index (χ2n) is 12.0. The van der Waals surface area contributed by atoms with Crippen LogP contribution in [0, 0.1) is 0 Å².